The van der Waals surface area contributed by atoms with Crippen molar-refractivity contribution in [3.8, 4) is 0 Å². The molecule has 5 nitrogen and oxygen atoms in total. The van der Waals surface area contributed by atoms with Gasteiger partial charge in [-0.25, -0.2) is 0 Å². The maximum absolute atomic E-state index is 12.8. The standard InChI is InChI=1S/C22H17ClN2O3S/c1-25-18-11-15(21(26)24-13-16-6-4-10-28-16)8-9-19(18)29-20(22(25)27)12-14-5-2-3-7-17(14)23/h2-12H,13H2,1H3,(H,24,26). The van der Waals surface area contributed by atoms with Gasteiger partial charge >= 0.3 is 0 Å². The third-order valence-corrected chi connectivity index (χ3v) is 5.93. The fourth-order valence-electron chi connectivity index (χ4n) is 2.95. The third kappa shape index (κ3) is 4.09. The van der Waals surface area contributed by atoms with Crippen LogP contribution < -0.4 is 10.2 Å². The van der Waals surface area contributed by atoms with Gasteiger partial charge < -0.3 is 14.6 Å². The molecule has 0 atom stereocenters. The molecule has 0 radical (unpaired) electrons. The smallest absolute Gasteiger partial charge is 0.264 e. The summed E-state index contributed by atoms with van der Waals surface area (Å²) >= 11 is 7.59. The number of benzene rings is 2. The van der Waals surface area contributed by atoms with E-state index in [2.05, 4.69) is 5.32 Å². The molecule has 1 aliphatic rings. The van der Waals surface area contributed by atoms with Crippen LogP contribution in [0, 0.1) is 0 Å². The highest BCUT2D eigenvalue weighted by atomic mass is 35.5. The van der Waals surface area contributed by atoms with Crippen LogP contribution in [0.4, 0.5) is 5.69 Å². The Labute approximate surface area is 177 Å². The van der Waals surface area contributed by atoms with E-state index in [-0.39, 0.29) is 11.8 Å². The summed E-state index contributed by atoms with van der Waals surface area (Å²) in [6.07, 6.45) is 3.35. The fraction of sp³-hybridized carbons (Fsp3) is 0.0909. The van der Waals surface area contributed by atoms with Gasteiger partial charge in [0.25, 0.3) is 11.8 Å². The van der Waals surface area contributed by atoms with Crippen LogP contribution in [0.1, 0.15) is 21.7 Å². The molecule has 1 aliphatic heterocycles. The highest BCUT2D eigenvalue weighted by Crippen LogP contribution is 2.42. The lowest BCUT2D eigenvalue weighted by atomic mass is 10.1. The summed E-state index contributed by atoms with van der Waals surface area (Å²) in [6, 6.07) is 16.3. The SMILES string of the molecule is CN1C(=O)C(=Cc2ccccc2Cl)Sc2ccc(C(=O)NCc3ccco3)cc21. The summed E-state index contributed by atoms with van der Waals surface area (Å²) in [5.41, 5.74) is 1.96. The first-order valence-electron chi connectivity index (χ1n) is 8.89. The Morgan fingerprint density at radius 2 is 2.03 bits per heavy atom. The number of carbonyl (C=O) groups is 2. The maximum Gasteiger partial charge on any atom is 0.264 e. The number of fused-ring (bicyclic) bond motifs is 1. The Balaban J connectivity index is 1.57. The van der Waals surface area contributed by atoms with Crippen LogP contribution in [-0.4, -0.2) is 18.9 Å². The number of hydrogen-bond donors (Lipinski definition) is 1. The van der Waals surface area contributed by atoms with Crippen LogP contribution in [-0.2, 0) is 11.3 Å². The molecule has 146 valence electrons. The van der Waals surface area contributed by atoms with E-state index in [1.165, 1.54) is 11.8 Å². The van der Waals surface area contributed by atoms with Crippen molar-refractivity contribution in [2.75, 3.05) is 11.9 Å². The number of nitrogens with one attached hydrogen (secondary N) is 1. The van der Waals surface area contributed by atoms with Crippen molar-refractivity contribution in [1.29, 1.82) is 0 Å². The minimum Gasteiger partial charge on any atom is -0.467 e. The van der Waals surface area contributed by atoms with Crippen LogP contribution in [0.3, 0.4) is 0 Å². The molecule has 29 heavy (non-hydrogen) atoms. The van der Waals surface area contributed by atoms with Gasteiger partial charge in [-0.15, -0.1) is 0 Å². The van der Waals surface area contributed by atoms with Crippen LogP contribution in [0.15, 0.2) is 75.1 Å². The summed E-state index contributed by atoms with van der Waals surface area (Å²) in [6.45, 7) is 0.303. The summed E-state index contributed by atoms with van der Waals surface area (Å²) < 4.78 is 5.22. The van der Waals surface area contributed by atoms with Gasteiger partial charge in [-0.2, -0.15) is 0 Å². The molecule has 3 aromatic rings. The molecular formula is C22H17ClN2O3S. The van der Waals surface area contributed by atoms with E-state index in [9.17, 15) is 9.59 Å². The lowest BCUT2D eigenvalue weighted by Crippen LogP contribution is -2.31. The fourth-order valence-corrected chi connectivity index (χ4v) is 4.22. The highest BCUT2D eigenvalue weighted by molar-refractivity contribution is 8.04. The number of nitrogens with zero attached hydrogens (tertiary/aromatic N) is 1. The largest absolute Gasteiger partial charge is 0.467 e. The predicted octanol–water partition coefficient (Wildman–Crippen LogP) is 4.97. The molecule has 0 spiro atoms. The Hall–Kier alpha value is -2.96. The molecule has 0 bridgehead atoms. The zero-order chi connectivity index (χ0) is 20.4. The van der Waals surface area contributed by atoms with Gasteiger partial charge in [-0.3, -0.25) is 9.59 Å². The molecule has 2 amide bonds. The number of rotatable bonds is 4. The summed E-state index contributed by atoms with van der Waals surface area (Å²) in [5.74, 6) is 0.302. The van der Waals surface area contributed by atoms with E-state index in [4.69, 9.17) is 16.0 Å². The normalized spacial score (nSPS) is 14.8. The number of furan rings is 1. The van der Waals surface area contributed by atoms with Gasteiger partial charge in [-0.05, 0) is 48.0 Å². The van der Waals surface area contributed by atoms with Crippen LogP contribution in [0.5, 0.6) is 0 Å². The van der Waals surface area contributed by atoms with Gasteiger partial charge in [0.05, 0.1) is 23.4 Å². The van der Waals surface area contributed by atoms with Crippen molar-refractivity contribution >= 4 is 46.9 Å². The monoisotopic (exact) mass is 424 g/mol. The predicted molar refractivity (Wildman–Crippen MR) is 115 cm³/mol. The molecule has 2 aromatic carbocycles. The zero-order valence-corrected chi connectivity index (χ0v) is 17.1. The van der Waals surface area contributed by atoms with Gasteiger partial charge in [0.1, 0.15) is 5.76 Å². The number of amides is 2. The minimum absolute atomic E-state index is 0.143. The summed E-state index contributed by atoms with van der Waals surface area (Å²) in [5, 5.41) is 3.40. The first-order valence-corrected chi connectivity index (χ1v) is 10.1. The second-order valence-corrected chi connectivity index (χ2v) is 7.93. The molecule has 2 heterocycles. The molecule has 1 aromatic heterocycles. The number of hydrogen-bond acceptors (Lipinski definition) is 4. The molecule has 0 saturated heterocycles. The lowest BCUT2D eigenvalue weighted by Gasteiger charge is -2.27. The molecule has 0 unspecified atom stereocenters. The summed E-state index contributed by atoms with van der Waals surface area (Å²) in [4.78, 5) is 28.3. The quantitative estimate of drug-likeness (QED) is 0.600. The Bertz CT molecular complexity index is 1110. The Kier molecular flexibility index (Phi) is 5.47. The van der Waals surface area contributed by atoms with E-state index in [1.54, 1.807) is 54.6 Å². The average Bonchev–Trinajstić information content (AvgIpc) is 3.25. The second kappa shape index (κ2) is 8.19. The minimum atomic E-state index is -0.229. The molecule has 0 saturated carbocycles. The van der Waals surface area contributed by atoms with Crippen LogP contribution >= 0.6 is 23.4 Å². The third-order valence-electron chi connectivity index (χ3n) is 4.51. The number of halogens is 1. The van der Waals surface area contributed by atoms with Gasteiger partial charge in [0.15, 0.2) is 0 Å². The number of anilines is 1. The maximum atomic E-state index is 12.8. The molecule has 0 aliphatic carbocycles. The molecule has 4 rings (SSSR count). The zero-order valence-electron chi connectivity index (χ0n) is 15.5. The number of likely N-dealkylation sites (N-methyl/N-ethyl adjacent to an activating group) is 1. The van der Waals surface area contributed by atoms with E-state index in [1.807, 2.05) is 24.3 Å². The number of carbonyl (C=O) groups excluding carboxylic acids is 2. The van der Waals surface area contributed by atoms with Gasteiger partial charge in [0.2, 0.25) is 0 Å². The van der Waals surface area contributed by atoms with Gasteiger partial charge in [-0.1, -0.05) is 41.6 Å². The molecule has 1 N–H and O–H groups in total. The molecule has 7 heteroatoms. The van der Waals surface area contributed by atoms with Gasteiger partial charge in [0, 0.05) is 22.5 Å². The van der Waals surface area contributed by atoms with Crippen LogP contribution in [0.2, 0.25) is 5.02 Å². The van der Waals surface area contributed by atoms with E-state index < -0.39 is 0 Å². The molecular weight excluding hydrogens is 408 g/mol. The number of thioether (sulfide) groups is 1. The van der Waals surface area contributed by atoms with E-state index in [0.717, 1.165) is 10.5 Å². The van der Waals surface area contributed by atoms with Crippen molar-refractivity contribution in [1.82, 2.24) is 5.32 Å². The van der Waals surface area contributed by atoms with Crippen molar-refractivity contribution in [2.24, 2.45) is 0 Å². The Morgan fingerprint density at radius 3 is 2.79 bits per heavy atom. The van der Waals surface area contributed by atoms with E-state index in [0.29, 0.717) is 33.5 Å². The van der Waals surface area contributed by atoms with Crippen molar-refractivity contribution in [2.45, 2.75) is 11.4 Å². The summed E-state index contributed by atoms with van der Waals surface area (Å²) in [7, 11) is 1.70. The van der Waals surface area contributed by atoms with Crippen molar-refractivity contribution in [3.05, 3.63) is 87.7 Å². The first-order chi connectivity index (χ1) is 14.0. The Morgan fingerprint density at radius 1 is 1.21 bits per heavy atom. The van der Waals surface area contributed by atoms with Crippen molar-refractivity contribution < 1.29 is 14.0 Å². The lowest BCUT2D eigenvalue weighted by molar-refractivity contribution is -0.114. The topological polar surface area (TPSA) is 62.6 Å². The van der Waals surface area contributed by atoms with E-state index >= 15 is 0 Å². The highest BCUT2D eigenvalue weighted by Gasteiger charge is 2.27. The van der Waals surface area contributed by atoms with Crippen molar-refractivity contribution in [3.63, 3.8) is 0 Å². The second-order valence-electron chi connectivity index (χ2n) is 6.44. The average molecular weight is 425 g/mol. The first kappa shape index (κ1) is 19.4. The van der Waals surface area contributed by atoms with Crippen LogP contribution in [0.25, 0.3) is 6.08 Å². The molecule has 0 fully saturated rings.